The summed E-state index contributed by atoms with van der Waals surface area (Å²) in [6, 6.07) is 4.08. The van der Waals surface area contributed by atoms with Gasteiger partial charge < -0.3 is 5.73 Å². The molecule has 62 valence electrons. The largest absolute Gasteiger partial charge is 0.398 e. The van der Waals surface area contributed by atoms with Crippen molar-refractivity contribution in [1.29, 1.82) is 0 Å². The highest BCUT2D eigenvalue weighted by Crippen LogP contribution is 2.11. The Bertz CT molecular complexity index is 338. The zero-order valence-corrected chi connectivity index (χ0v) is 7.03. The summed E-state index contributed by atoms with van der Waals surface area (Å²) in [6.07, 6.45) is 0. The van der Waals surface area contributed by atoms with Gasteiger partial charge in [-0.3, -0.25) is 0 Å². The van der Waals surface area contributed by atoms with E-state index in [1.54, 1.807) is 0 Å². The Hall–Kier alpha value is -1.20. The molecule has 0 aliphatic carbocycles. The highest BCUT2D eigenvalue weighted by atomic mass is 35.5. The average molecular weight is 184 g/mol. The Morgan fingerprint density at radius 3 is 2.83 bits per heavy atom. The van der Waals surface area contributed by atoms with Crippen LogP contribution in [0.1, 0.15) is 5.56 Å². The molecule has 1 rings (SSSR count). The first-order valence-electron chi connectivity index (χ1n) is 3.34. The van der Waals surface area contributed by atoms with Crippen molar-refractivity contribution >= 4 is 17.3 Å². The number of alkyl halides is 1. The lowest BCUT2D eigenvalue weighted by Gasteiger charge is -1.96. The van der Waals surface area contributed by atoms with Gasteiger partial charge in [-0.25, -0.2) is 4.39 Å². The fraction of sp³-hybridized carbons (Fsp3) is 0.111. The Balaban J connectivity index is 3.01. The predicted octanol–water partition coefficient (Wildman–Crippen LogP) is 2.00. The topological polar surface area (TPSA) is 26.0 Å². The molecule has 3 heteroatoms. The Morgan fingerprint density at radius 2 is 2.25 bits per heavy atom. The summed E-state index contributed by atoms with van der Waals surface area (Å²) in [7, 11) is 0. The molecule has 0 fully saturated rings. The van der Waals surface area contributed by atoms with E-state index in [1.165, 1.54) is 18.2 Å². The minimum atomic E-state index is -0.357. The van der Waals surface area contributed by atoms with Gasteiger partial charge in [0.25, 0.3) is 0 Å². The summed E-state index contributed by atoms with van der Waals surface area (Å²) < 4.78 is 12.5. The van der Waals surface area contributed by atoms with Crippen molar-refractivity contribution in [1.82, 2.24) is 0 Å². The predicted molar refractivity (Wildman–Crippen MR) is 48.4 cm³/mol. The molecule has 0 aliphatic heterocycles. The Labute approximate surface area is 75.3 Å². The van der Waals surface area contributed by atoms with Crippen molar-refractivity contribution in [3.8, 4) is 11.8 Å². The highest BCUT2D eigenvalue weighted by Gasteiger charge is 1.95. The maximum absolute atomic E-state index is 12.5. The normalized spacial score (nSPS) is 8.83. The zero-order chi connectivity index (χ0) is 8.97. The Kier molecular flexibility index (Phi) is 2.95. The molecule has 0 saturated carbocycles. The van der Waals surface area contributed by atoms with Crippen LogP contribution >= 0.6 is 11.6 Å². The van der Waals surface area contributed by atoms with Crippen molar-refractivity contribution in [3.05, 3.63) is 29.6 Å². The number of anilines is 1. The second-order valence-electron chi connectivity index (χ2n) is 2.17. The van der Waals surface area contributed by atoms with Crippen molar-refractivity contribution in [2.45, 2.75) is 0 Å². The third-order valence-electron chi connectivity index (χ3n) is 1.30. The van der Waals surface area contributed by atoms with E-state index in [4.69, 9.17) is 17.3 Å². The van der Waals surface area contributed by atoms with Gasteiger partial charge in [0.05, 0.1) is 11.6 Å². The summed E-state index contributed by atoms with van der Waals surface area (Å²) >= 11 is 5.35. The van der Waals surface area contributed by atoms with Crippen molar-refractivity contribution in [2.24, 2.45) is 0 Å². The number of hydrogen-bond donors (Lipinski definition) is 1. The van der Waals surface area contributed by atoms with Crippen LogP contribution in [0, 0.1) is 17.7 Å². The van der Waals surface area contributed by atoms with E-state index in [2.05, 4.69) is 11.8 Å². The fourth-order valence-corrected chi connectivity index (χ4v) is 0.843. The van der Waals surface area contributed by atoms with Crippen LogP contribution in [0.2, 0.25) is 0 Å². The van der Waals surface area contributed by atoms with Gasteiger partial charge >= 0.3 is 0 Å². The molecular weight excluding hydrogens is 177 g/mol. The van der Waals surface area contributed by atoms with Crippen LogP contribution in [0.3, 0.4) is 0 Å². The lowest BCUT2D eigenvalue weighted by atomic mass is 10.2. The van der Waals surface area contributed by atoms with E-state index in [1.807, 2.05) is 0 Å². The van der Waals surface area contributed by atoms with Gasteiger partial charge in [-0.1, -0.05) is 11.8 Å². The minimum Gasteiger partial charge on any atom is -0.398 e. The molecule has 0 radical (unpaired) electrons. The third-order valence-corrected chi connectivity index (χ3v) is 1.44. The molecule has 0 atom stereocenters. The van der Waals surface area contributed by atoms with Gasteiger partial charge in [0, 0.05) is 5.56 Å². The molecule has 0 saturated heterocycles. The highest BCUT2D eigenvalue weighted by molar-refractivity contribution is 6.19. The van der Waals surface area contributed by atoms with Gasteiger partial charge in [0.2, 0.25) is 0 Å². The number of benzene rings is 1. The maximum atomic E-state index is 12.5. The summed E-state index contributed by atoms with van der Waals surface area (Å²) in [6.45, 7) is 0. The minimum absolute atomic E-state index is 0.247. The zero-order valence-electron chi connectivity index (χ0n) is 6.27. The molecular formula is C9H7ClFN. The van der Waals surface area contributed by atoms with Crippen LogP contribution in [0.4, 0.5) is 10.1 Å². The molecule has 0 aromatic heterocycles. The molecule has 0 amide bonds. The number of halogens is 2. The van der Waals surface area contributed by atoms with Gasteiger partial charge in [0.15, 0.2) is 0 Å². The number of nitrogens with two attached hydrogens (primary N) is 1. The summed E-state index contributed by atoms with van der Waals surface area (Å²) in [5.41, 5.74) is 6.43. The van der Waals surface area contributed by atoms with Crippen molar-refractivity contribution in [2.75, 3.05) is 11.6 Å². The smallest absolute Gasteiger partial charge is 0.125 e. The molecule has 1 nitrogen and oxygen atoms in total. The molecule has 1 aromatic carbocycles. The number of rotatable bonds is 0. The molecule has 0 aliphatic rings. The molecule has 0 spiro atoms. The van der Waals surface area contributed by atoms with Gasteiger partial charge in [-0.2, -0.15) is 0 Å². The quantitative estimate of drug-likeness (QED) is 0.372. The van der Waals surface area contributed by atoms with Crippen molar-refractivity contribution in [3.63, 3.8) is 0 Å². The first-order valence-corrected chi connectivity index (χ1v) is 3.87. The van der Waals surface area contributed by atoms with E-state index in [0.29, 0.717) is 11.3 Å². The van der Waals surface area contributed by atoms with Crippen LogP contribution in [-0.2, 0) is 0 Å². The molecule has 12 heavy (non-hydrogen) atoms. The molecule has 2 N–H and O–H groups in total. The Morgan fingerprint density at radius 1 is 1.50 bits per heavy atom. The van der Waals surface area contributed by atoms with E-state index in [-0.39, 0.29) is 11.7 Å². The van der Waals surface area contributed by atoms with Crippen LogP contribution in [0.25, 0.3) is 0 Å². The van der Waals surface area contributed by atoms with Gasteiger partial charge in [0.1, 0.15) is 5.82 Å². The van der Waals surface area contributed by atoms with E-state index in [0.717, 1.165) is 0 Å². The van der Waals surface area contributed by atoms with Gasteiger partial charge in [-0.15, -0.1) is 11.6 Å². The molecule has 0 heterocycles. The third kappa shape index (κ3) is 2.14. The van der Waals surface area contributed by atoms with Crippen LogP contribution in [0.15, 0.2) is 18.2 Å². The fourth-order valence-electron chi connectivity index (χ4n) is 0.776. The molecule has 0 bridgehead atoms. The second-order valence-corrected chi connectivity index (χ2v) is 2.43. The lowest BCUT2D eigenvalue weighted by molar-refractivity contribution is 0.628. The SMILES string of the molecule is Nc1cc(F)ccc1C#CCCl. The first kappa shape index (κ1) is 8.89. The number of hydrogen-bond acceptors (Lipinski definition) is 1. The summed E-state index contributed by atoms with van der Waals surface area (Å²) in [5.74, 6) is 5.24. The maximum Gasteiger partial charge on any atom is 0.125 e. The summed E-state index contributed by atoms with van der Waals surface area (Å²) in [4.78, 5) is 0. The second kappa shape index (κ2) is 3.99. The standard InChI is InChI=1S/C9H7ClFN/c10-5-1-2-7-3-4-8(11)6-9(7)12/h3-4,6H,5,12H2. The van der Waals surface area contributed by atoms with Crippen LogP contribution in [-0.4, -0.2) is 5.88 Å². The van der Waals surface area contributed by atoms with E-state index < -0.39 is 0 Å². The summed E-state index contributed by atoms with van der Waals surface area (Å²) in [5, 5.41) is 0. The van der Waals surface area contributed by atoms with Crippen LogP contribution in [0.5, 0.6) is 0 Å². The molecule has 0 unspecified atom stereocenters. The first-order chi connectivity index (χ1) is 5.74. The number of nitrogen functional groups attached to an aromatic ring is 1. The van der Waals surface area contributed by atoms with Crippen LogP contribution < -0.4 is 5.73 Å². The molecule has 1 aromatic rings. The van der Waals surface area contributed by atoms with Crippen molar-refractivity contribution < 1.29 is 4.39 Å². The lowest BCUT2D eigenvalue weighted by Crippen LogP contribution is -1.90. The van der Waals surface area contributed by atoms with E-state index >= 15 is 0 Å². The van der Waals surface area contributed by atoms with E-state index in [9.17, 15) is 4.39 Å². The van der Waals surface area contributed by atoms with Gasteiger partial charge in [-0.05, 0) is 18.2 Å². The monoisotopic (exact) mass is 183 g/mol. The average Bonchev–Trinajstić information content (AvgIpc) is 2.03.